The molecule has 0 amide bonds. The topological polar surface area (TPSA) is 89.1 Å². The summed E-state index contributed by atoms with van der Waals surface area (Å²) in [5.74, 6) is 0.224. The van der Waals surface area contributed by atoms with Gasteiger partial charge in [0.05, 0.1) is 5.69 Å². The molecule has 4 aromatic heterocycles. The fourth-order valence-corrected chi connectivity index (χ4v) is 3.36. The Kier molecular flexibility index (Phi) is 3.24. The Bertz CT molecular complexity index is 1330. The smallest absolute Gasteiger partial charge is 0.285 e. The van der Waals surface area contributed by atoms with Crippen molar-refractivity contribution in [1.29, 1.82) is 0 Å². The van der Waals surface area contributed by atoms with Gasteiger partial charge in [0, 0.05) is 17.5 Å². The Hall–Kier alpha value is -3.74. The molecular formula is C20H15N5O2. The summed E-state index contributed by atoms with van der Waals surface area (Å²) in [6, 6.07) is 13.4. The maximum absolute atomic E-state index is 13.2. The van der Waals surface area contributed by atoms with E-state index in [0.717, 1.165) is 16.8 Å². The standard InChI is InChI=1S/C20H15N5O2/c1-11-16(19-23-17-14(27-19)9-6-10-21-17)20(26)25-18(22-11)15(12(2)24-25)13-7-4-3-5-8-13/h3-10,24H,1-2H3. The van der Waals surface area contributed by atoms with Gasteiger partial charge in [-0.05, 0) is 31.5 Å². The predicted octanol–water partition coefficient (Wildman–Crippen LogP) is 3.51. The van der Waals surface area contributed by atoms with Gasteiger partial charge < -0.3 is 4.42 Å². The molecule has 0 saturated carbocycles. The molecule has 4 heterocycles. The highest BCUT2D eigenvalue weighted by atomic mass is 16.3. The molecule has 0 atom stereocenters. The van der Waals surface area contributed by atoms with Crippen LogP contribution in [0.4, 0.5) is 0 Å². The van der Waals surface area contributed by atoms with Crippen molar-refractivity contribution in [3.05, 3.63) is 70.4 Å². The molecule has 0 saturated heterocycles. The van der Waals surface area contributed by atoms with Gasteiger partial charge >= 0.3 is 0 Å². The van der Waals surface area contributed by atoms with Crippen LogP contribution in [0.5, 0.6) is 0 Å². The van der Waals surface area contributed by atoms with E-state index in [9.17, 15) is 4.79 Å². The van der Waals surface area contributed by atoms with Crippen molar-refractivity contribution in [1.82, 2.24) is 24.6 Å². The van der Waals surface area contributed by atoms with Crippen molar-refractivity contribution in [2.45, 2.75) is 13.8 Å². The van der Waals surface area contributed by atoms with E-state index < -0.39 is 0 Å². The van der Waals surface area contributed by atoms with Crippen LogP contribution < -0.4 is 5.56 Å². The zero-order valence-electron chi connectivity index (χ0n) is 14.7. The summed E-state index contributed by atoms with van der Waals surface area (Å²) in [6.07, 6.45) is 1.64. The lowest BCUT2D eigenvalue weighted by atomic mass is 10.1. The lowest BCUT2D eigenvalue weighted by Crippen LogP contribution is -2.19. The van der Waals surface area contributed by atoms with Crippen molar-refractivity contribution in [2.24, 2.45) is 0 Å². The molecule has 132 valence electrons. The van der Waals surface area contributed by atoms with Crippen LogP contribution in [-0.4, -0.2) is 24.6 Å². The van der Waals surface area contributed by atoms with Crippen molar-refractivity contribution >= 4 is 16.9 Å². The second kappa shape index (κ2) is 5.63. The number of aromatic nitrogens is 5. The van der Waals surface area contributed by atoms with E-state index >= 15 is 0 Å². The molecule has 5 rings (SSSR count). The van der Waals surface area contributed by atoms with E-state index in [0.29, 0.717) is 28.1 Å². The van der Waals surface area contributed by atoms with Crippen LogP contribution in [0.3, 0.4) is 0 Å². The molecule has 7 heteroatoms. The zero-order chi connectivity index (χ0) is 18.5. The molecule has 0 aliphatic rings. The minimum absolute atomic E-state index is 0.224. The SMILES string of the molecule is Cc1nc2c(-c3ccccc3)c(C)[nH]n2c(=O)c1-c1nc2ncccc2o1. The highest BCUT2D eigenvalue weighted by Crippen LogP contribution is 2.28. The van der Waals surface area contributed by atoms with Crippen LogP contribution in [-0.2, 0) is 0 Å². The summed E-state index contributed by atoms with van der Waals surface area (Å²) in [5, 5.41) is 3.12. The van der Waals surface area contributed by atoms with Crippen LogP contribution >= 0.6 is 0 Å². The third-order valence-corrected chi connectivity index (χ3v) is 4.58. The van der Waals surface area contributed by atoms with Crippen LogP contribution in [0, 0.1) is 13.8 Å². The lowest BCUT2D eigenvalue weighted by molar-refractivity contribution is 0.616. The zero-order valence-corrected chi connectivity index (χ0v) is 14.7. The number of oxazole rings is 1. The predicted molar refractivity (Wildman–Crippen MR) is 102 cm³/mol. The number of nitrogens with one attached hydrogen (secondary N) is 1. The average molecular weight is 357 g/mol. The van der Waals surface area contributed by atoms with Gasteiger partial charge in [0.1, 0.15) is 5.56 Å². The normalized spacial score (nSPS) is 11.5. The van der Waals surface area contributed by atoms with Gasteiger partial charge in [-0.3, -0.25) is 9.89 Å². The highest BCUT2D eigenvalue weighted by Gasteiger charge is 2.21. The van der Waals surface area contributed by atoms with Gasteiger partial charge in [0.15, 0.2) is 16.9 Å². The first-order valence-electron chi connectivity index (χ1n) is 8.53. The minimum atomic E-state index is -0.255. The maximum atomic E-state index is 13.2. The Labute approximate surface area is 153 Å². The molecular weight excluding hydrogens is 342 g/mol. The van der Waals surface area contributed by atoms with Crippen LogP contribution in [0.25, 0.3) is 39.5 Å². The van der Waals surface area contributed by atoms with Crippen LogP contribution in [0.2, 0.25) is 0 Å². The molecule has 0 radical (unpaired) electrons. The number of nitrogens with zero attached hydrogens (tertiary/aromatic N) is 4. The number of hydrogen-bond donors (Lipinski definition) is 1. The van der Waals surface area contributed by atoms with E-state index in [4.69, 9.17) is 9.40 Å². The second-order valence-electron chi connectivity index (χ2n) is 6.36. The highest BCUT2D eigenvalue weighted by molar-refractivity contribution is 5.81. The van der Waals surface area contributed by atoms with E-state index in [1.54, 1.807) is 25.3 Å². The van der Waals surface area contributed by atoms with Crippen LogP contribution in [0.1, 0.15) is 11.4 Å². The number of aryl methyl sites for hydroxylation is 2. The number of aromatic amines is 1. The van der Waals surface area contributed by atoms with Gasteiger partial charge in [0.25, 0.3) is 5.56 Å². The van der Waals surface area contributed by atoms with Gasteiger partial charge in [-0.1, -0.05) is 30.3 Å². The Morgan fingerprint density at radius 1 is 1.00 bits per heavy atom. The number of rotatable bonds is 2. The van der Waals surface area contributed by atoms with Gasteiger partial charge in [-0.15, -0.1) is 0 Å². The monoisotopic (exact) mass is 357 g/mol. The second-order valence-corrected chi connectivity index (χ2v) is 6.36. The lowest BCUT2D eigenvalue weighted by Gasteiger charge is -2.03. The van der Waals surface area contributed by atoms with E-state index in [-0.39, 0.29) is 11.4 Å². The molecule has 7 nitrogen and oxygen atoms in total. The van der Waals surface area contributed by atoms with Crippen molar-refractivity contribution in [2.75, 3.05) is 0 Å². The molecule has 0 fully saturated rings. The number of fused-ring (bicyclic) bond motifs is 2. The third kappa shape index (κ3) is 2.28. The summed E-state index contributed by atoms with van der Waals surface area (Å²) in [4.78, 5) is 26.4. The largest absolute Gasteiger partial charge is 0.434 e. The summed E-state index contributed by atoms with van der Waals surface area (Å²) in [5.41, 5.74) is 4.97. The summed E-state index contributed by atoms with van der Waals surface area (Å²) >= 11 is 0. The number of pyridine rings is 1. The van der Waals surface area contributed by atoms with Gasteiger partial charge in [0.2, 0.25) is 5.89 Å². The Morgan fingerprint density at radius 2 is 1.81 bits per heavy atom. The summed E-state index contributed by atoms with van der Waals surface area (Å²) in [6.45, 7) is 3.71. The molecule has 0 bridgehead atoms. The van der Waals surface area contributed by atoms with Gasteiger partial charge in [-0.25, -0.2) is 14.5 Å². The quantitative estimate of drug-likeness (QED) is 0.522. The molecule has 0 spiro atoms. The molecule has 0 aliphatic carbocycles. The fourth-order valence-electron chi connectivity index (χ4n) is 3.36. The third-order valence-electron chi connectivity index (χ3n) is 4.58. The van der Waals surface area contributed by atoms with Gasteiger partial charge in [-0.2, -0.15) is 4.98 Å². The van der Waals surface area contributed by atoms with E-state index in [1.165, 1.54) is 4.52 Å². The van der Waals surface area contributed by atoms with Crippen LogP contribution in [0.15, 0.2) is 57.9 Å². The molecule has 0 aliphatic heterocycles. The Balaban J connectivity index is 1.80. The molecule has 1 aromatic carbocycles. The maximum Gasteiger partial charge on any atom is 0.285 e. The van der Waals surface area contributed by atoms with Crippen molar-refractivity contribution < 1.29 is 4.42 Å². The number of hydrogen-bond acceptors (Lipinski definition) is 5. The van der Waals surface area contributed by atoms with E-state index in [1.807, 2.05) is 37.3 Å². The first-order valence-corrected chi connectivity index (χ1v) is 8.53. The first-order chi connectivity index (χ1) is 13.1. The van der Waals surface area contributed by atoms with E-state index in [2.05, 4.69) is 15.1 Å². The van der Waals surface area contributed by atoms with Crippen molar-refractivity contribution in [3.63, 3.8) is 0 Å². The first kappa shape index (κ1) is 15.5. The molecule has 27 heavy (non-hydrogen) atoms. The number of benzene rings is 1. The van der Waals surface area contributed by atoms with Crippen molar-refractivity contribution in [3.8, 4) is 22.6 Å². The summed E-state index contributed by atoms with van der Waals surface area (Å²) in [7, 11) is 0. The Morgan fingerprint density at radius 3 is 2.59 bits per heavy atom. The molecule has 5 aromatic rings. The average Bonchev–Trinajstić information content (AvgIpc) is 3.23. The number of H-pyrrole nitrogens is 1. The fraction of sp³-hybridized carbons (Fsp3) is 0.100. The summed E-state index contributed by atoms with van der Waals surface area (Å²) < 4.78 is 7.19. The minimum Gasteiger partial charge on any atom is -0.434 e. The molecule has 1 N–H and O–H groups in total. The molecule has 0 unspecified atom stereocenters.